The van der Waals surface area contributed by atoms with Crippen molar-refractivity contribution in [2.45, 2.75) is 45.3 Å². The average Bonchev–Trinajstić information content (AvgIpc) is 3.16. The van der Waals surface area contributed by atoms with Crippen LogP contribution in [0.15, 0.2) is 18.5 Å². The van der Waals surface area contributed by atoms with Crippen LogP contribution < -0.4 is 0 Å². The number of fused-ring (bicyclic) bond motifs is 1. The van der Waals surface area contributed by atoms with E-state index in [0.717, 1.165) is 0 Å². The molecule has 9 heteroatoms. The maximum atomic E-state index is 12.7. The van der Waals surface area contributed by atoms with Gasteiger partial charge in [-0.25, -0.2) is 8.42 Å². The number of aromatic nitrogens is 2. The fourth-order valence-corrected chi connectivity index (χ4v) is 5.81. The van der Waals surface area contributed by atoms with E-state index in [9.17, 15) is 18.0 Å². The Bertz CT molecular complexity index is 760. The van der Waals surface area contributed by atoms with Gasteiger partial charge in [0.1, 0.15) is 0 Å². The normalized spacial score (nSPS) is 24.7. The summed E-state index contributed by atoms with van der Waals surface area (Å²) in [5, 5.41) is 4.08. The van der Waals surface area contributed by atoms with E-state index in [-0.39, 0.29) is 35.7 Å². The Labute approximate surface area is 154 Å². The first-order valence-electron chi connectivity index (χ1n) is 9.03. The molecule has 0 saturated carbocycles. The molecular weight excluding hydrogens is 356 g/mol. The van der Waals surface area contributed by atoms with Crippen molar-refractivity contribution in [1.82, 2.24) is 19.6 Å². The molecule has 8 nitrogen and oxygen atoms in total. The summed E-state index contributed by atoms with van der Waals surface area (Å²) in [6.07, 6.45) is 4.11. The molecule has 144 valence electrons. The summed E-state index contributed by atoms with van der Waals surface area (Å²) < 4.78 is 26.1. The highest BCUT2D eigenvalue weighted by molar-refractivity contribution is 7.91. The van der Waals surface area contributed by atoms with Crippen molar-refractivity contribution in [3.05, 3.63) is 18.5 Å². The highest BCUT2D eigenvalue weighted by atomic mass is 32.2. The fourth-order valence-electron chi connectivity index (χ4n) is 3.83. The predicted octanol–water partition coefficient (Wildman–Crippen LogP) is 0.156. The van der Waals surface area contributed by atoms with Gasteiger partial charge in [-0.3, -0.25) is 14.3 Å². The first-order valence-corrected chi connectivity index (χ1v) is 10.9. The van der Waals surface area contributed by atoms with E-state index in [4.69, 9.17) is 0 Å². The zero-order chi connectivity index (χ0) is 18.9. The molecule has 2 fully saturated rings. The second-order valence-corrected chi connectivity index (χ2v) is 9.66. The van der Waals surface area contributed by atoms with E-state index in [1.165, 1.54) is 0 Å². The van der Waals surface area contributed by atoms with Gasteiger partial charge >= 0.3 is 0 Å². The Kier molecular flexibility index (Phi) is 5.36. The molecule has 2 saturated heterocycles. The highest BCUT2D eigenvalue weighted by Gasteiger charge is 2.49. The lowest BCUT2D eigenvalue weighted by atomic mass is 10.0. The standard InChI is InChI=1S/C17H26N4O4S/c1-13(2)10-17(23)21-9-8-20(14-11-26(24,25)12-15(14)21)16(22)4-7-19-6-3-5-18-19/h3,5-6,13-15H,4,7-12H2,1-2H3/t14-,15+/m0/s1. The summed E-state index contributed by atoms with van der Waals surface area (Å²) in [5.41, 5.74) is 0. The van der Waals surface area contributed by atoms with Crippen LogP contribution in [-0.2, 0) is 26.0 Å². The summed E-state index contributed by atoms with van der Waals surface area (Å²) in [7, 11) is -3.25. The number of amides is 2. The molecule has 3 heterocycles. The third kappa shape index (κ3) is 4.08. The molecule has 1 aromatic rings. The summed E-state index contributed by atoms with van der Waals surface area (Å²) in [6.45, 7) is 5.18. The lowest BCUT2D eigenvalue weighted by Gasteiger charge is -2.44. The van der Waals surface area contributed by atoms with Gasteiger partial charge in [0, 0.05) is 44.9 Å². The Balaban J connectivity index is 1.71. The summed E-state index contributed by atoms with van der Waals surface area (Å²) in [4.78, 5) is 28.6. The van der Waals surface area contributed by atoms with Crippen molar-refractivity contribution in [3.8, 4) is 0 Å². The maximum absolute atomic E-state index is 12.7. The van der Waals surface area contributed by atoms with Crippen LogP contribution in [0.2, 0.25) is 0 Å². The number of piperazine rings is 1. The lowest BCUT2D eigenvalue weighted by Crippen LogP contribution is -2.62. The van der Waals surface area contributed by atoms with Crippen LogP contribution in [0.4, 0.5) is 0 Å². The zero-order valence-electron chi connectivity index (χ0n) is 15.2. The van der Waals surface area contributed by atoms with Gasteiger partial charge in [-0.15, -0.1) is 0 Å². The van der Waals surface area contributed by atoms with E-state index in [1.807, 2.05) is 13.8 Å². The third-order valence-corrected chi connectivity index (χ3v) is 6.71. The van der Waals surface area contributed by atoms with Crippen LogP contribution in [0, 0.1) is 5.92 Å². The SMILES string of the molecule is CC(C)CC(=O)N1CCN(C(=O)CCn2cccn2)[C@H]2CS(=O)(=O)C[C@H]21. The summed E-state index contributed by atoms with van der Waals surface area (Å²) in [6, 6.07) is 0.937. The van der Waals surface area contributed by atoms with Gasteiger partial charge in [0.2, 0.25) is 11.8 Å². The second-order valence-electron chi connectivity index (χ2n) is 7.50. The van der Waals surface area contributed by atoms with Crippen LogP contribution in [0.3, 0.4) is 0 Å². The van der Waals surface area contributed by atoms with Gasteiger partial charge in [-0.2, -0.15) is 5.10 Å². The van der Waals surface area contributed by atoms with Crippen molar-refractivity contribution in [2.24, 2.45) is 5.92 Å². The molecular formula is C17H26N4O4S. The molecule has 0 spiro atoms. The molecule has 0 N–H and O–H groups in total. The molecule has 0 unspecified atom stereocenters. The van der Waals surface area contributed by atoms with Crippen molar-refractivity contribution in [3.63, 3.8) is 0 Å². The third-order valence-electron chi connectivity index (χ3n) is 5.01. The minimum atomic E-state index is -3.25. The Morgan fingerprint density at radius 1 is 1.12 bits per heavy atom. The smallest absolute Gasteiger partial charge is 0.224 e. The number of carbonyl (C=O) groups is 2. The van der Waals surface area contributed by atoms with E-state index in [1.54, 1.807) is 32.9 Å². The molecule has 0 aliphatic carbocycles. The quantitative estimate of drug-likeness (QED) is 0.723. The topological polar surface area (TPSA) is 92.6 Å². The number of hydrogen-bond acceptors (Lipinski definition) is 5. The number of hydrogen-bond donors (Lipinski definition) is 0. The highest BCUT2D eigenvalue weighted by Crippen LogP contribution is 2.28. The van der Waals surface area contributed by atoms with Crippen molar-refractivity contribution >= 4 is 21.7 Å². The average molecular weight is 382 g/mol. The van der Waals surface area contributed by atoms with Gasteiger partial charge in [-0.05, 0) is 12.0 Å². The summed E-state index contributed by atoms with van der Waals surface area (Å²) in [5.74, 6) is 0.00754. The predicted molar refractivity (Wildman–Crippen MR) is 96.0 cm³/mol. The van der Waals surface area contributed by atoms with Crippen LogP contribution in [-0.4, -0.2) is 76.5 Å². The fraction of sp³-hybridized carbons (Fsp3) is 0.706. The molecule has 2 aliphatic rings. The molecule has 0 bridgehead atoms. The molecule has 2 atom stereocenters. The minimum absolute atomic E-state index is 0.0178. The number of sulfone groups is 1. The molecule has 2 amide bonds. The molecule has 0 aromatic carbocycles. The molecule has 1 aromatic heterocycles. The van der Waals surface area contributed by atoms with E-state index in [2.05, 4.69) is 5.10 Å². The first-order chi connectivity index (χ1) is 12.3. The van der Waals surface area contributed by atoms with E-state index < -0.39 is 21.9 Å². The second kappa shape index (κ2) is 7.38. The zero-order valence-corrected chi connectivity index (χ0v) is 16.1. The van der Waals surface area contributed by atoms with Gasteiger partial charge < -0.3 is 9.80 Å². The van der Waals surface area contributed by atoms with E-state index in [0.29, 0.717) is 26.1 Å². The summed E-state index contributed by atoms with van der Waals surface area (Å²) >= 11 is 0. The molecule has 0 radical (unpaired) electrons. The lowest BCUT2D eigenvalue weighted by molar-refractivity contribution is -0.146. The Hall–Kier alpha value is -1.90. The van der Waals surface area contributed by atoms with Crippen LogP contribution in [0.5, 0.6) is 0 Å². The Morgan fingerprint density at radius 3 is 2.27 bits per heavy atom. The first kappa shape index (κ1) is 18.9. The van der Waals surface area contributed by atoms with E-state index >= 15 is 0 Å². The number of rotatable bonds is 5. The van der Waals surface area contributed by atoms with Crippen molar-refractivity contribution < 1.29 is 18.0 Å². The number of carbonyl (C=O) groups excluding carboxylic acids is 2. The number of nitrogens with zero attached hydrogens (tertiary/aromatic N) is 4. The maximum Gasteiger partial charge on any atom is 0.224 e. The van der Waals surface area contributed by atoms with Gasteiger partial charge in [0.05, 0.1) is 23.6 Å². The largest absolute Gasteiger partial charge is 0.335 e. The van der Waals surface area contributed by atoms with Crippen molar-refractivity contribution in [1.29, 1.82) is 0 Å². The van der Waals surface area contributed by atoms with Crippen molar-refractivity contribution in [2.75, 3.05) is 24.6 Å². The molecule has 2 aliphatic heterocycles. The van der Waals surface area contributed by atoms with Gasteiger partial charge in [-0.1, -0.05) is 13.8 Å². The van der Waals surface area contributed by atoms with Crippen LogP contribution in [0.1, 0.15) is 26.7 Å². The molecule has 3 rings (SSSR count). The van der Waals surface area contributed by atoms with Crippen LogP contribution >= 0.6 is 0 Å². The monoisotopic (exact) mass is 382 g/mol. The van der Waals surface area contributed by atoms with Gasteiger partial charge in [0.15, 0.2) is 9.84 Å². The number of aryl methyl sites for hydroxylation is 1. The minimum Gasteiger partial charge on any atom is -0.335 e. The van der Waals surface area contributed by atoms with Gasteiger partial charge in [0.25, 0.3) is 0 Å². The Morgan fingerprint density at radius 2 is 1.73 bits per heavy atom. The molecule has 26 heavy (non-hydrogen) atoms. The van der Waals surface area contributed by atoms with Crippen LogP contribution in [0.25, 0.3) is 0 Å².